The second-order valence-electron chi connectivity index (χ2n) is 5.53. The lowest BCUT2D eigenvalue weighted by Crippen LogP contribution is -2.21. The molecule has 0 saturated carbocycles. The van der Waals surface area contributed by atoms with Crippen LogP contribution in [0.4, 0.5) is 0 Å². The lowest BCUT2D eigenvalue weighted by atomic mass is 9.86. The molecule has 2 aliphatic rings. The normalized spacial score (nSPS) is 29.8. The Bertz CT molecular complexity index is 450. The van der Waals surface area contributed by atoms with Gasteiger partial charge in [-0.25, -0.2) is 4.99 Å². The third kappa shape index (κ3) is 2.51. The minimum Gasteiger partial charge on any atom is -0.387 e. The lowest BCUT2D eigenvalue weighted by molar-refractivity contribution is 0.677. The average Bonchev–Trinajstić information content (AvgIpc) is 2.22. The molecule has 1 aliphatic carbocycles. The number of allylic oxidation sites excluding steroid dienone is 4. The predicted octanol–water partition coefficient (Wildman–Crippen LogP) is 3.57. The minimum absolute atomic E-state index is 0.509. The van der Waals surface area contributed by atoms with Crippen molar-refractivity contribution in [3.63, 3.8) is 0 Å². The summed E-state index contributed by atoms with van der Waals surface area (Å²) in [5, 5.41) is 0. The van der Waals surface area contributed by atoms with Crippen LogP contribution in [0, 0.1) is 11.8 Å². The molecule has 2 heteroatoms. The summed E-state index contributed by atoms with van der Waals surface area (Å²) in [7, 11) is 0. The van der Waals surface area contributed by atoms with Crippen LogP contribution >= 0.6 is 0 Å². The van der Waals surface area contributed by atoms with E-state index < -0.39 is 0 Å². The van der Waals surface area contributed by atoms with Gasteiger partial charge in [0.2, 0.25) is 0 Å². The monoisotopic (exact) mass is 230 g/mol. The Labute approximate surface area is 104 Å². The third-order valence-electron chi connectivity index (χ3n) is 3.67. The summed E-state index contributed by atoms with van der Waals surface area (Å²) in [6.45, 7) is 8.85. The van der Waals surface area contributed by atoms with Gasteiger partial charge >= 0.3 is 0 Å². The highest BCUT2D eigenvalue weighted by atomic mass is 14.9. The number of rotatable bonds is 1. The lowest BCUT2D eigenvalue weighted by Gasteiger charge is -2.24. The van der Waals surface area contributed by atoms with Crippen molar-refractivity contribution in [2.24, 2.45) is 22.6 Å². The van der Waals surface area contributed by atoms with Crippen molar-refractivity contribution in [2.45, 2.75) is 40.5 Å². The molecule has 1 aliphatic heterocycles. The summed E-state index contributed by atoms with van der Waals surface area (Å²) in [4.78, 5) is 4.57. The molecule has 0 aromatic carbocycles. The van der Waals surface area contributed by atoms with Crippen molar-refractivity contribution in [2.75, 3.05) is 0 Å². The van der Waals surface area contributed by atoms with Gasteiger partial charge in [0, 0.05) is 6.42 Å². The molecule has 2 rings (SSSR count). The highest BCUT2D eigenvalue weighted by molar-refractivity contribution is 5.84. The maximum atomic E-state index is 5.92. The van der Waals surface area contributed by atoms with Crippen LogP contribution in [0.15, 0.2) is 39.6 Å². The maximum Gasteiger partial charge on any atom is 0.100 e. The average molecular weight is 230 g/mol. The third-order valence-corrected chi connectivity index (χ3v) is 3.67. The number of aliphatic imine (C=N–C) groups is 1. The standard InChI is InChI=1S/C15H22N2/c1-9-5-10(2)7-13(6-9)15-12(4)11(3)8-14(16)17-15/h6-7,9,11H,5,8H2,1-4H3,(H2,16,17)/t9?,11-/m1/s1. The van der Waals surface area contributed by atoms with Crippen LogP contribution in [0.3, 0.4) is 0 Å². The van der Waals surface area contributed by atoms with E-state index in [0.29, 0.717) is 11.8 Å². The van der Waals surface area contributed by atoms with E-state index in [9.17, 15) is 0 Å². The van der Waals surface area contributed by atoms with Crippen LogP contribution in [0.5, 0.6) is 0 Å². The van der Waals surface area contributed by atoms with E-state index in [1.54, 1.807) is 0 Å². The van der Waals surface area contributed by atoms with Crippen LogP contribution in [0.2, 0.25) is 0 Å². The molecule has 92 valence electrons. The highest BCUT2D eigenvalue weighted by Gasteiger charge is 2.21. The molecular formula is C15H22N2. The molecule has 2 atom stereocenters. The van der Waals surface area contributed by atoms with E-state index in [2.05, 4.69) is 44.8 Å². The molecule has 0 radical (unpaired) electrons. The van der Waals surface area contributed by atoms with E-state index in [1.807, 2.05) is 0 Å². The first-order chi connectivity index (χ1) is 7.97. The second kappa shape index (κ2) is 4.52. The van der Waals surface area contributed by atoms with Crippen molar-refractivity contribution in [1.29, 1.82) is 0 Å². The van der Waals surface area contributed by atoms with E-state index >= 15 is 0 Å². The molecular weight excluding hydrogens is 208 g/mol. The van der Waals surface area contributed by atoms with Gasteiger partial charge in [-0.05, 0) is 43.3 Å². The number of hydrogen-bond acceptors (Lipinski definition) is 2. The van der Waals surface area contributed by atoms with Gasteiger partial charge in [0.15, 0.2) is 0 Å². The fraction of sp³-hybridized carbons (Fsp3) is 0.533. The molecule has 2 N–H and O–H groups in total. The Balaban J connectivity index is 2.43. The molecule has 0 aromatic rings. The molecule has 0 bridgehead atoms. The topological polar surface area (TPSA) is 38.4 Å². The summed E-state index contributed by atoms with van der Waals surface area (Å²) >= 11 is 0. The van der Waals surface area contributed by atoms with Crippen LogP contribution in [0.1, 0.15) is 40.5 Å². The van der Waals surface area contributed by atoms with Gasteiger partial charge in [0.25, 0.3) is 0 Å². The zero-order valence-electron chi connectivity index (χ0n) is 11.2. The Kier molecular flexibility index (Phi) is 3.23. The first-order valence-electron chi connectivity index (χ1n) is 6.40. The van der Waals surface area contributed by atoms with Crippen LogP contribution in [-0.4, -0.2) is 5.84 Å². The van der Waals surface area contributed by atoms with Gasteiger partial charge in [0.05, 0.1) is 5.70 Å². The highest BCUT2D eigenvalue weighted by Crippen LogP contribution is 2.33. The van der Waals surface area contributed by atoms with E-state index in [-0.39, 0.29) is 0 Å². The summed E-state index contributed by atoms with van der Waals surface area (Å²) in [6.07, 6.45) is 6.62. The fourth-order valence-electron chi connectivity index (χ4n) is 2.66. The largest absolute Gasteiger partial charge is 0.387 e. The minimum atomic E-state index is 0.509. The number of nitrogens with two attached hydrogens (primary N) is 1. The molecule has 1 heterocycles. The van der Waals surface area contributed by atoms with Crippen molar-refractivity contribution in [3.8, 4) is 0 Å². The van der Waals surface area contributed by atoms with Gasteiger partial charge in [-0.2, -0.15) is 0 Å². The van der Waals surface area contributed by atoms with Gasteiger partial charge < -0.3 is 5.73 Å². The number of nitrogens with zero attached hydrogens (tertiary/aromatic N) is 1. The predicted molar refractivity (Wildman–Crippen MR) is 73.7 cm³/mol. The van der Waals surface area contributed by atoms with Gasteiger partial charge in [0.1, 0.15) is 5.84 Å². The van der Waals surface area contributed by atoms with Gasteiger partial charge in [-0.3, -0.25) is 0 Å². The molecule has 0 aromatic heterocycles. The quantitative estimate of drug-likeness (QED) is 0.734. The van der Waals surface area contributed by atoms with Crippen LogP contribution in [-0.2, 0) is 0 Å². The van der Waals surface area contributed by atoms with Crippen molar-refractivity contribution >= 4 is 5.84 Å². The summed E-state index contributed by atoms with van der Waals surface area (Å²) in [5.41, 5.74) is 11.1. The maximum absolute atomic E-state index is 5.92. The van der Waals surface area contributed by atoms with Crippen molar-refractivity contribution in [3.05, 3.63) is 34.6 Å². The second-order valence-corrected chi connectivity index (χ2v) is 5.53. The molecule has 0 amide bonds. The molecule has 0 fully saturated rings. The molecule has 1 unspecified atom stereocenters. The molecule has 2 nitrogen and oxygen atoms in total. The molecule has 0 spiro atoms. The molecule has 17 heavy (non-hydrogen) atoms. The first kappa shape index (κ1) is 12.2. The fourth-order valence-corrected chi connectivity index (χ4v) is 2.66. The Morgan fingerprint density at radius 3 is 2.59 bits per heavy atom. The van der Waals surface area contributed by atoms with E-state index in [1.165, 1.54) is 16.7 Å². The summed E-state index contributed by atoms with van der Waals surface area (Å²) in [5.74, 6) is 1.88. The van der Waals surface area contributed by atoms with E-state index in [0.717, 1.165) is 24.4 Å². The van der Waals surface area contributed by atoms with Gasteiger partial charge in [-0.1, -0.05) is 31.6 Å². The summed E-state index contributed by atoms with van der Waals surface area (Å²) in [6, 6.07) is 0. The van der Waals surface area contributed by atoms with Gasteiger partial charge in [-0.15, -0.1) is 0 Å². The smallest absolute Gasteiger partial charge is 0.100 e. The summed E-state index contributed by atoms with van der Waals surface area (Å²) < 4.78 is 0. The Morgan fingerprint density at radius 2 is 1.94 bits per heavy atom. The zero-order chi connectivity index (χ0) is 12.6. The number of amidine groups is 1. The van der Waals surface area contributed by atoms with Crippen molar-refractivity contribution in [1.82, 2.24) is 0 Å². The zero-order valence-corrected chi connectivity index (χ0v) is 11.2. The molecule has 0 saturated heterocycles. The van der Waals surface area contributed by atoms with Crippen LogP contribution in [0.25, 0.3) is 0 Å². The SMILES string of the molecule is CC1=CC(C2=C(C)[C@H](C)CC(N)=N2)=CC(C)C1. The Morgan fingerprint density at radius 1 is 1.24 bits per heavy atom. The van der Waals surface area contributed by atoms with E-state index in [4.69, 9.17) is 5.73 Å². The van der Waals surface area contributed by atoms with Crippen molar-refractivity contribution < 1.29 is 0 Å². The van der Waals surface area contributed by atoms with Crippen LogP contribution < -0.4 is 5.73 Å². The first-order valence-corrected chi connectivity index (χ1v) is 6.40. The number of hydrogen-bond donors (Lipinski definition) is 1. The Hall–Kier alpha value is -1.31.